The fraction of sp³-hybridized carbons (Fsp3) is 0.296. The number of methoxy groups -OCH3 is 1. The maximum Gasteiger partial charge on any atom is 0.490 e. The van der Waals surface area contributed by atoms with E-state index >= 15 is 0 Å². The van der Waals surface area contributed by atoms with Gasteiger partial charge in [-0.1, -0.05) is 41.9 Å². The van der Waals surface area contributed by atoms with Crippen molar-refractivity contribution in [2.45, 2.75) is 37.9 Å². The minimum atomic E-state index is -5.08. The summed E-state index contributed by atoms with van der Waals surface area (Å²) in [6, 6.07) is 11.2. The van der Waals surface area contributed by atoms with Crippen molar-refractivity contribution in [3.63, 3.8) is 0 Å². The maximum atomic E-state index is 14.4. The number of aromatic nitrogens is 3. The number of carbonyl (C=O) groups is 4. The largest absolute Gasteiger partial charge is 0.490 e. The molecule has 274 valence electrons. The highest BCUT2D eigenvalue weighted by Gasteiger charge is 2.39. The molecular weight excluding hydrogens is 724 g/mol. The molecule has 2 amide bonds. The molecule has 0 fully saturated rings. The van der Waals surface area contributed by atoms with E-state index in [1.165, 1.54) is 31.5 Å². The number of carboxylic acids is 2. The topological polar surface area (TPSA) is 202 Å². The molecule has 2 heterocycles. The predicted octanol–water partition coefficient (Wildman–Crippen LogP) is 3.93. The summed E-state index contributed by atoms with van der Waals surface area (Å²) in [4.78, 5) is 61.8. The Labute approximate surface area is 280 Å². The Hall–Kier alpha value is -5.54. The Morgan fingerprint density at radius 1 is 0.840 bits per heavy atom. The standard InChI is InChI=1S/C23H23ClF2N6O4.2C2HF3O2/c1-36-22(35)30-11-16-7-3-2-6-15(16)10-28-19(33)13-32-18(24)12-29-20(21(32)34)31-14-23(25,26)17-8-4-5-9-27-17;2*3-2(4,5)1(6)7/h2-9,12H,10-11,13-14H2,1H3,(H,28,33)(H,29,31)(H,30,35);2*(H,6,7). The number of rotatable bonds is 10. The predicted molar refractivity (Wildman–Crippen MR) is 155 cm³/mol. The first-order chi connectivity index (χ1) is 23.1. The Balaban J connectivity index is 0.000000748. The first-order valence-corrected chi connectivity index (χ1v) is 13.5. The first-order valence-electron chi connectivity index (χ1n) is 13.1. The average Bonchev–Trinajstić information content (AvgIpc) is 3.04. The van der Waals surface area contributed by atoms with E-state index in [1.54, 1.807) is 24.3 Å². The van der Waals surface area contributed by atoms with Crippen LogP contribution in [0, 0.1) is 0 Å². The van der Waals surface area contributed by atoms with Crippen LogP contribution in [0.1, 0.15) is 16.8 Å². The summed E-state index contributed by atoms with van der Waals surface area (Å²) in [7, 11) is 1.25. The molecule has 1 aromatic carbocycles. The molecule has 0 saturated carbocycles. The van der Waals surface area contributed by atoms with E-state index in [-0.39, 0.29) is 24.1 Å². The molecule has 50 heavy (non-hydrogen) atoms. The minimum absolute atomic E-state index is 0.108. The number of hydrogen-bond acceptors (Lipinski definition) is 9. The van der Waals surface area contributed by atoms with Crippen molar-refractivity contribution in [3.05, 3.63) is 87.2 Å². The van der Waals surface area contributed by atoms with Gasteiger partial charge in [-0.05, 0) is 23.3 Å². The molecule has 0 spiro atoms. The number of carboxylic acid groups (broad SMARTS) is 2. The van der Waals surface area contributed by atoms with Gasteiger partial charge in [0.15, 0.2) is 5.82 Å². The average molecular weight is 749 g/mol. The zero-order valence-electron chi connectivity index (χ0n) is 25.1. The van der Waals surface area contributed by atoms with E-state index in [0.717, 1.165) is 21.9 Å². The lowest BCUT2D eigenvalue weighted by atomic mass is 10.1. The number of benzene rings is 1. The molecular formula is C27H25ClF8N6O8. The molecule has 3 rings (SSSR count). The Morgan fingerprint density at radius 3 is 1.80 bits per heavy atom. The molecule has 0 radical (unpaired) electrons. The van der Waals surface area contributed by atoms with Gasteiger partial charge < -0.3 is 30.9 Å². The molecule has 0 aliphatic heterocycles. The van der Waals surface area contributed by atoms with Crippen LogP contribution < -0.4 is 21.5 Å². The number of hydrogen-bond donors (Lipinski definition) is 5. The summed E-state index contributed by atoms with van der Waals surface area (Å²) >= 11 is 6.04. The second-order valence-electron chi connectivity index (χ2n) is 9.09. The lowest BCUT2D eigenvalue weighted by molar-refractivity contribution is -0.193. The number of amides is 2. The van der Waals surface area contributed by atoms with Gasteiger partial charge in [-0.2, -0.15) is 35.1 Å². The van der Waals surface area contributed by atoms with Gasteiger partial charge in [0, 0.05) is 19.3 Å². The molecule has 0 unspecified atom stereocenters. The van der Waals surface area contributed by atoms with Gasteiger partial charge in [0.25, 0.3) is 5.56 Å². The zero-order chi connectivity index (χ0) is 38.3. The van der Waals surface area contributed by atoms with Crippen LogP contribution in [0.25, 0.3) is 0 Å². The highest BCUT2D eigenvalue weighted by atomic mass is 35.5. The molecule has 0 bridgehead atoms. The minimum Gasteiger partial charge on any atom is -0.475 e. The van der Waals surface area contributed by atoms with E-state index in [9.17, 15) is 49.5 Å². The summed E-state index contributed by atoms with van der Waals surface area (Å²) in [5, 5.41) is 21.7. The Kier molecular flexibility index (Phi) is 16.0. The van der Waals surface area contributed by atoms with E-state index in [0.29, 0.717) is 0 Å². The van der Waals surface area contributed by atoms with Gasteiger partial charge in [0.05, 0.1) is 19.9 Å². The number of halogens is 9. The summed E-state index contributed by atoms with van der Waals surface area (Å²) in [6.45, 7) is -1.10. The number of aliphatic carboxylic acids is 2. The number of carbonyl (C=O) groups excluding carboxylic acids is 2. The Morgan fingerprint density at radius 2 is 1.34 bits per heavy atom. The number of nitrogens with one attached hydrogen (secondary N) is 3. The number of alkyl carbamates (subject to hydrolysis) is 1. The fourth-order valence-corrected chi connectivity index (χ4v) is 3.32. The lowest BCUT2D eigenvalue weighted by Crippen LogP contribution is -2.35. The third-order valence-electron chi connectivity index (χ3n) is 5.51. The third-order valence-corrected chi connectivity index (χ3v) is 5.81. The van der Waals surface area contributed by atoms with Crippen LogP contribution in [0.5, 0.6) is 0 Å². The number of alkyl halides is 8. The van der Waals surface area contributed by atoms with Crippen molar-refractivity contribution >= 4 is 41.4 Å². The van der Waals surface area contributed by atoms with Gasteiger partial charge in [0.1, 0.15) is 17.4 Å². The van der Waals surface area contributed by atoms with Crippen LogP contribution in [0.2, 0.25) is 5.15 Å². The number of ether oxygens (including phenoxy) is 1. The van der Waals surface area contributed by atoms with Crippen LogP contribution in [0.4, 0.5) is 45.7 Å². The van der Waals surface area contributed by atoms with Crippen molar-refractivity contribution in [1.29, 1.82) is 0 Å². The molecule has 0 aliphatic carbocycles. The lowest BCUT2D eigenvalue weighted by Gasteiger charge is -2.17. The highest BCUT2D eigenvalue weighted by molar-refractivity contribution is 6.29. The van der Waals surface area contributed by atoms with Crippen molar-refractivity contribution in [3.8, 4) is 0 Å². The molecule has 3 aromatic rings. The number of pyridine rings is 1. The molecule has 23 heteroatoms. The van der Waals surface area contributed by atoms with Crippen LogP contribution in [0.3, 0.4) is 0 Å². The Bertz CT molecular complexity index is 1650. The van der Waals surface area contributed by atoms with Crippen molar-refractivity contribution in [1.82, 2.24) is 25.2 Å². The van der Waals surface area contributed by atoms with Gasteiger partial charge in [-0.3, -0.25) is 19.1 Å². The third kappa shape index (κ3) is 14.7. The monoisotopic (exact) mass is 748 g/mol. The quantitative estimate of drug-likeness (QED) is 0.188. The van der Waals surface area contributed by atoms with E-state index in [4.69, 9.17) is 31.4 Å². The van der Waals surface area contributed by atoms with Crippen LogP contribution in [-0.2, 0) is 44.7 Å². The van der Waals surface area contributed by atoms with Gasteiger partial charge in [-0.15, -0.1) is 0 Å². The van der Waals surface area contributed by atoms with Crippen LogP contribution >= 0.6 is 11.6 Å². The summed E-state index contributed by atoms with van der Waals surface area (Å²) in [5.74, 6) is -9.82. The van der Waals surface area contributed by atoms with Crippen molar-refractivity contribution in [2.24, 2.45) is 0 Å². The van der Waals surface area contributed by atoms with E-state index < -0.39 is 66.6 Å². The summed E-state index contributed by atoms with van der Waals surface area (Å²) < 4.78 is 97.7. The number of nitrogens with zero attached hydrogens (tertiary/aromatic N) is 3. The van der Waals surface area contributed by atoms with Gasteiger partial charge >= 0.3 is 36.3 Å². The number of anilines is 1. The molecule has 0 atom stereocenters. The zero-order valence-corrected chi connectivity index (χ0v) is 25.9. The second kappa shape index (κ2) is 18.9. The highest BCUT2D eigenvalue weighted by Crippen LogP contribution is 2.25. The van der Waals surface area contributed by atoms with Crippen molar-refractivity contribution in [2.75, 3.05) is 19.0 Å². The fourth-order valence-electron chi connectivity index (χ4n) is 3.14. The van der Waals surface area contributed by atoms with Gasteiger partial charge in [0.2, 0.25) is 5.91 Å². The van der Waals surface area contributed by atoms with E-state index in [1.807, 2.05) is 0 Å². The van der Waals surface area contributed by atoms with Crippen LogP contribution in [-0.4, -0.2) is 74.7 Å². The summed E-state index contributed by atoms with van der Waals surface area (Å²) in [6.07, 6.45) is -8.43. The van der Waals surface area contributed by atoms with Crippen molar-refractivity contribution < 1.29 is 69.3 Å². The summed E-state index contributed by atoms with van der Waals surface area (Å²) in [5.41, 5.74) is 0.183. The molecule has 0 aliphatic rings. The normalized spacial score (nSPS) is 11.1. The maximum absolute atomic E-state index is 14.4. The van der Waals surface area contributed by atoms with E-state index in [2.05, 4.69) is 30.7 Å². The van der Waals surface area contributed by atoms with Crippen LogP contribution in [0.15, 0.2) is 59.7 Å². The molecule has 5 N–H and O–H groups in total. The SMILES string of the molecule is COC(=O)NCc1ccccc1CNC(=O)Cn1c(Cl)cnc(NCC(F)(F)c2ccccn2)c1=O.O=C(O)C(F)(F)F.O=C(O)C(F)(F)F. The first kappa shape index (κ1) is 42.5. The smallest absolute Gasteiger partial charge is 0.475 e. The second-order valence-corrected chi connectivity index (χ2v) is 9.48. The van der Waals surface area contributed by atoms with Gasteiger partial charge in [-0.25, -0.2) is 19.4 Å². The molecule has 2 aromatic heterocycles. The molecule has 0 saturated heterocycles. The molecule has 14 nitrogen and oxygen atoms in total.